The number of esters is 1. The van der Waals surface area contributed by atoms with Gasteiger partial charge < -0.3 is 15.4 Å². The highest BCUT2D eigenvalue weighted by Crippen LogP contribution is 2.21. The van der Waals surface area contributed by atoms with Gasteiger partial charge in [0.25, 0.3) is 0 Å². The van der Waals surface area contributed by atoms with Crippen LogP contribution in [0.5, 0.6) is 0 Å². The molecule has 2 aromatic carbocycles. The maximum atomic E-state index is 11.5. The van der Waals surface area contributed by atoms with Crippen LogP contribution in [0.2, 0.25) is 0 Å². The summed E-state index contributed by atoms with van der Waals surface area (Å²) in [6.45, 7) is 6.08. The van der Waals surface area contributed by atoms with Gasteiger partial charge in [0, 0.05) is 23.1 Å². The second-order valence-electron chi connectivity index (χ2n) is 6.34. The van der Waals surface area contributed by atoms with E-state index in [2.05, 4.69) is 46.6 Å². The van der Waals surface area contributed by atoms with Gasteiger partial charge in [-0.1, -0.05) is 6.07 Å². The van der Waals surface area contributed by atoms with E-state index in [1.807, 2.05) is 19.1 Å². The molecule has 27 heavy (non-hydrogen) atoms. The lowest BCUT2D eigenvalue weighted by Crippen LogP contribution is -2.04. The molecular weight excluding hydrogens is 340 g/mol. The van der Waals surface area contributed by atoms with Crippen LogP contribution in [-0.4, -0.2) is 23.0 Å². The molecule has 0 radical (unpaired) electrons. The Kier molecular flexibility index (Phi) is 5.35. The number of carbonyl (C=O) groups is 1. The van der Waals surface area contributed by atoms with Gasteiger partial charge >= 0.3 is 5.97 Å². The van der Waals surface area contributed by atoms with Crippen LogP contribution in [0.1, 0.15) is 27.2 Å². The van der Waals surface area contributed by atoms with Crippen molar-refractivity contribution in [1.29, 1.82) is 0 Å². The molecule has 0 bridgehead atoms. The van der Waals surface area contributed by atoms with Gasteiger partial charge in [-0.25, -0.2) is 9.78 Å². The van der Waals surface area contributed by atoms with E-state index in [0.717, 1.165) is 17.1 Å². The molecule has 1 heterocycles. The minimum absolute atomic E-state index is 0.367. The van der Waals surface area contributed by atoms with Crippen LogP contribution in [-0.2, 0) is 4.74 Å². The second-order valence-corrected chi connectivity index (χ2v) is 6.34. The Labute approximate surface area is 158 Å². The third kappa shape index (κ3) is 4.61. The summed E-state index contributed by atoms with van der Waals surface area (Å²) in [4.78, 5) is 20.5. The Morgan fingerprint density at radius 2 is 1.56 bits per heavy atom. The molecule has 0 amide bonds. The number of carbonyl (C=O) groups excluding carboxylic acids is 1. The Balaban J connectivity index is 1.78. The Morgan fingerprint density at radius 1 is 0.852 bits per heavy atom. The van der Waals surface area contributed by atoms with Crippen molar-refractivity contribution >= 4 is 29.1 Å². The van der Waals surface area contributed by atoms with Crippen LogP contribution < -0.4 is 10.6 Å². The normalized spacial score (nSPS) is 10.4. The molecule has 138 valence electrons. The molecule has 3 aromatic rings. The summed E-state index contributed by atoms with van der Waals surface area (Å²) in [5.74, 6) is 0.819. The minimum atomic E-state index is -0.367. The molecule has 6 heteroatoms. The number of hydrogen-bond donors (Lipinski definition) is 2. The Bertz CT molecular complexity index is 968. The van der Waals surface area contributed by atoms with E-state index < -0.39 is 0 Å². The summed E-state index contributed by atoms with van der Waals surface area (Å²) in [5.41, 5.74) is 5.55. The fourth-order valence-corrected chi connectivity index (χ4v) is 2.59. The third-order valence-electron chi connectivity index (χ3n) is 4.20. The van der Waals surface area contributed by atoms with E-state index in [9.17, 15) is 4.79 Å². The van der Waals surface area contributed by atoms with Crippen LogP contribution >= 0.6 is 0 Å². The number of nitrogens with one attached hydrogen (secondary N) is 2. The minimum Gasteiger partial charge on any atom is -0.465 e. The van der Waals surface area contributed by atoms with Crippen molar-refractivity contribution < 1.29 is 9.53 Å². The molecule has 0 atom stereocenters. The zero-order valence-corrected chi connectivity index (χ0v) is 15.8. The fraction of sp³-hybridized carbons (Fsp3) is 0.190. The molecule has 0 aliphatic heterocycles. The number of nitrogens with zero attached hydrogens (tertiary/aromatic N) is 2. The molecule has 2 N–H and O–H groups in total. The van der Waals surface area contributed by atoms with Crippen molar-refractivity contribution in [2.45, 2.75) is 20.8 Å². The standard InChI is InChI=1S/C21H22N4O2/c1-13-5-8-18(11-14(13)2)23-19-12-15(3)22-21(25-19)24-17-9-6-16(7-10-17)20(26)27-4/h5-12H,1-4H3,(H2,22,23,24,25). The summed E-state index contributed by atoms with van der Waals surface area (Å²) >= 11 is 0. The number of rotatable bonds is 5. The Morgan fingerprint density at radius 3 is 2.22 bits per heavy atom. The Hall–Kier alpha value is -3.41. The van der Waals surface area contributed by atoms with Crippen LogP contribution in [0.25, 0.3) is 0 Å². The van der Waals surface area contributed by atoms with Crippen LogP contribution in [0.15, 0.2) is 48.5 Å². The summed E-state index contributed by atoms with van der Waals surface area (Å²) in [5, 5.41) is 6.48. The third-order valence-corrected chi connectivity index (χ3v) is 4.20. The highest BCUT2D eigenvalue weighted by Gasteiger charge is 2.07. The van der Waals surface area contributed by atoms with Crippen molar-refractivity contribution in [3.8, 4) is 0 Å². The SMILES string of the molecule is COC(=O)c1ccc(Nc2nc(C)cc(Nc3ccc(C)c(C)c3)n2)cc1. The molecule has 3 rings (SSSR count). The number of ether oxygens (including phenoxy) is 1. The maximum absolute atomic E-state index is 11.5. The molecule has 1 aromatic heterocycles. The van der Waals surface area contributed by atoms with Crippen LogP contribution in [0.3, 0.4) is 0 Å². The molecule has 0 aliphatic rings. The zero-order chi connectivity index (χ0) is 19.4. The predicted octanol–water partition coefficient (Wildman–Crippen LogP) is 4.68. The highest BCUT2D eigenvalue weighted by molar-refractivity contribution is 5.89. The molecule has 6 nitrogen and oxygen atoms in total. The van der Waals surface area contributed by atoms with E-state index in [1.165, 1.54) is 18.2 Å². The average Bonchev–Trinajstić information content (AvgIpc) is 2.64. The topological polar surface area (TPSA) is 76.1 Å². The van der Waals surface area contributed by atoms with Crippen LogP contribution in [0, 0.1) is 20.8 Å². The van der Waals surface area contributed by atoms with Crippen molar-refractivity contribution in [2.75, 3.05) is 17.7 Å². The number of hydrogen-bond acceptors (Lipinski definition) is 6. The van der Waals surface area contributed by atoms with E-state index in [4.69, 9.17) is 4.74 Å². The molecule has 0 spiro atoms. The quantitative estimate of drug-likeness (QED) is 0.642. The van der Waals surface area contributed by atoms with Crippen molar-refractivity contribution in [2.24, 2.45) is 0 Å². The zero-order valence-electron chi connectivity index (χ0n) is 15.8. The molecule has 0 unspecified atom stereocenters. The number of aryl methyl sites for hydroxylation is 3. The summed E-state index contributed by atoms with van der Waals surface area (Å²) in [7, 11) is 1.36. The molecule has 0 aliphatic carbocycles. The lowest BCUT2D eigenvalue weighted by atomic mass is 10.1. The second kappa shape index (κ2) is 7.86. The fourth-order valence-electron chi connectivity index (χ4n) is 2.59. The molecule has 0 saturated heterocycles. The van der Waals surface area contributed by atoms with Gasteiger partial charge in [0.05, 0.1) is 12.7 Å². The lowest BCUT2D eigenvalue weighted by Gasteiger charge is -2.11. The number of aromatic nitrogens is 2. The van der Waals surface area contributed by atoms with Crippen LogP contribution in [0.4, 0.5) is 23.1 Å². The first-order valence-electron chi connectivity index (χ1n) is 8.60. The lowest BCUT2D eigenvalue weighted by molar-refractivity contribution is 0.0601. The number of anilines is 4. The van der Waals surface area contributed by atoms with Gasteiger partial charge in [0.2, 0.25) is 5.95 Å². The first kappa shape index (κ1) is 18.4. The van der Waals surface area contributed by atoms with Gasteiger partial charge in [0.1, 0.15) is 5.82 Å². The van der Waals surface area contributed by atoms with Crippen molar-refractivity contribution in [3.05, 3.63) is 70.9 Å². The number of methoxy groups -OCH3 is 1. The molecule has 0 saturated carbocycles. The van der Waals surface area contributed by atoms with Gasteiger partial charge in [0.15, 0.2) is 0 Å². The summed E-state index contributed by atoms with van der Waals surface area (Å²) in [6.07, 6.45) is 0. The predicted molar refractivity (Wildman–Crippen MR) is 107 cm³/mol. The van der Waals surface area contributed by atoms with Gasteiger partial charge in [-0.05, 0) is 68.3 Å². The van der Waals surface area contributed by atoms with Gasteiger partial charge in [-0.15, -0.1) is 0 Å². The summed E-state index contributed by atoms with van der Waals surface area (Å²) < 4.78 is 4.71. The molecule has 0 fully saturated rings. The highest BCUT2D eigenvalue weighted by atomic mass is 16.5. The smallest absolute Gasteiger partial charge is 0.337 e. The molecular formula is C21H22N4O2. The maximum Gasteiger partial charge on any atom is 0.337 e. The van der Waals surface area contributed by atoms with Crippen molar-refractivity contribution in [1.82, 2.24) is 9.97 Å². The number of benzene rings is 2. The van der Waals surface area contributed by atoms with E-state index in [0.29, 0.717) is 17.3 Å². The van der Waals surface area contributed by atoms with E-state index in [-0.39, 0.29) is 5.97 Å². The monoisotopic (exact) mass is 362 g/mol. The summed E-state index contributed by atoms with van der Waals surface area (Å²) in [6, 6.07) is 15.0. The van der Waals surface area contributed by atoms with Gasteiger partial charge in [-0.2, -0.15) is 4.98 Å². The first-order chi connectivity index (χ1) is 12.9. The first-order valence-corrected chi connectivity index (χ1v) is 8.60. The van der Waals surface area contributed by atoms with Crippen molar-refractivity contribution in [3.63, 3.8) is 0 Å². The van der Waals surface area contributed by atoms with E-state index in [1.54, 1.807) is 24.3 Å². The van der Waals surface area contributed by atoms with E-state index >= 15 is 0 Å². The van der Waals surface area contributed by atoms with Gasteiger partial charge in [-0.3, -0.25) is 0 Å². The average molecular weight is 362 g/mol. The largest absolute Gasteiger partial charge is 0.465 e.